The molecule has 0 aromatic rings. The van der Waals surface area contributed by atoms with Gasteiger partial charge in [-0.05, 0) is 20.8 Å². The van der Waals surface area contributed by atoms with Crippen molar-refractivity contribution < 1.29 is 0 Å². The second-order valence-corrected chi connectivity index (χ2v) is 2.92. The lowest BCUT2D eigenvalue weighted by molar-refractivity contribution is 0.632. The standard InChI is InChI=1S/C9H17N/c1-5-9(8(4)10)6-7(2)3/h5-6,8-9H,1,10H2,2-4H3. The molecule has 0 fully saturated rings. The van der Waals surface area contributed by atoms with Crippen molar-refractivity contribution in [3.05, 3.63) is 24.3 Å². The molecule has 2 N–H and O–H groups in total. The third-order valence-corrected chi connectivity index (χ3v) is 1.41. The lowest BCUT2D eigenvalue weighted by Gasteiger charge is -2.11. The van der Waals surface area contributed by atoms with Crippen LogP contribution >= 0.6 is 0 Å². The summed E-state index contributed by atoms with van der Waals surface area (Å²) >= 11 is 0. The third-order valence-electron chi connectivity index (χ3n) is 1.41. The molecule has 0 bridgehead atoms. The van der Waals surface area contributed by atoms with Gasteiger partial charge in [0.25, 0.3) is 0 Å². The van der Waals surface area contributed by atoms with Crippen LogP contribution in [-0.4, -0.2) is 6.04 Å². The Hall–Kier alpha value is -0.560. The van der Waals surface area contributed by atoms with E-state index < -0.39 is 0 Å². The van der Waals surface area contributed by atoms with Crippen LogP contribution in [0.1, 0.15) is 20.8 Å². The lowest BCUT2D eigenvalue weighted by Crippen LogP contribution is -2.23. The van der Waals surface area contributed by atoms with E-state index in [2.05, 4.69) is 26.5 Å². The third kappa shape index (κ3) is 3.46. The lowest BCUT2D eigenvalue weighted by atomic mass is 10.00. The number of rotatable bonds is 3. The molecule has 0 aliphatic heterocycles. The van der Waals surface area contributed by atoms with Crippen molar-refractivity contribution in [2.75, 3.05) is 0 Å². The zero-order valence-electron chi connectivity index (χ0n) is 7.09. The van der Waals surface area contributed by atoms with E-state index >= 15 is 0 Å². The highest BCUT2D eigenvalue weighted by Gasteiger charge is 2.04. The van der Waals surface area contributed by atoms with E-state index in [4.69, 9.17) is 5.73 Å². The molecule has 0 aliphatic carbocycles. The Labute approximate surface area is 63.6 Å². The first kappa shape index (κ1) is 9.44. The summed E-state index contributed by atoms with van der Waals surface area (Å²) in [6.07, 6.45) is 4.02. The van der Waals surface area contributed by atoms with Gasteiger partial charge in [-0.15, -0.1) is 6.58 Å². The SMILES string of the molecule is C=CC(C=C(C)C)C(C)N. The molecule has 0 aromatic heterocycles. The maximum absolute atomic E-state index is 5.68. The predicted octanol–water partition coefficient (Wildman–Crippen LogP) is 2.10. The molecular weight excluding hydrogens is 122 g/mol. The second-order valence-electron chi connectivity index (χ2n) is 2.92. The second kappa shape index (κ2) is 4.29. The molecule has 0 radical (unpaired) electrons. The maximum atomic E-state index is 5.68. The van der Waals surface area contributed by atoms with Gasteiger partial charge in [0.05, 0.1) is 0 Å². The number of nitrogens with two attached hydrogens (primary N) is 1. The van der Waals surface area contributed by atoms with Crippen molar-refractivity contribution in [3.8, 4) is 0 Å². The van der Waals surface area contributed by atoms with Crippen LogP contribution in [0.4, 0.5) is 0 Å². The van der Waals surface area contributed by atoms with Gasteiger partial charge in [-0.3, -0.25) is 0 Å². The van der Waals surface area contributed by atoms with Crippen LogP contribution in [0.5, 0.6) is 0 Å². The average molecular weight is 139 g/mol. The van der Waals surface area contributed by atoms with Gasteiger partial charge in [-0.1, -0.05) is 17.7 Å². The summed E-state index contributed by atoms with van der Waals surface area (Å²) in [5, 5.41) is 0. The van der Waals surface area contributed by atoms with Crippen molar-refractivity contribution in [2.45, 2.75) is 26.8 Å². The number of hydrogen-bond acceptors (Lipinski definition) is 1. The molecule has 0 saturated heterocycles. The maximum Gasteiger partial charge on any atom is 0.0108 e. The summed E-state index contributed by atoms with van der Waals surface area (Å²) < 4.78 is 0. The van der Waals surface area contributed by atoms with E-state index in [1.54, 1.807) is 0 Å². The zero-order chi connectivity index (χ0) is 8.15. The molecule has 58 valence electrons. The molecule has 0 saturated carbocycles. The Bertz CT molecular complexity index is 130. The van der Waals surface area contributed by atoms with Crippen LogP contribution in [0.25, 0.3) is 0 Å². The quantitative estimate of drug-likeness (QED) is 0.595. The first-order valence-corrected chi connectivity index (χ1v) is 3.61. The molecule has 2 unspecified atom stereocenters. The van der Waals surface area contributed by atoms with Gasteiger partial charge in [0.2, 0.25) is 0 Å². The van der Waals surface area contributed by atoms with E-state index in [-0.39, 0.29) is 6.04 Å². The molecule has 0 aromatic carbocycles. The fourth-order valence-electron chi connectivity index (χ4n) is 0.819. The van der Waals surface area contributed by atoms with Crippen LogP contribution < -0.4 is 5.73 Å². The fourth-order valence-corrected chi connectivity index (χ4v) is 0.819. The molecule has 10 heavy (non-hydrogen) atoms. The Kier molecular flexibility index (Phi) is 4.05. The molecule has 2 atom stereocenters. The smallest absolute Gasteiger partial charge is 0.0108 e. The van der Waals surface area contributed by atoms with Crippen LogP contribution in [0.2, 0.25) is 0 Å². The molecule has 0 rings (SSSR count). The zero-order valence-corrected chi connectivity index (χ0v) is 7.09. The molecule has 0 aliphatic rings. The fraction of sp³-hybridized carbons (Fsp3) is 0.556. The van der Waals surface area contributed by atoms with E-state index in [0.717, 1.165) is 0 Å². The Balaban J connectivity index is 4.09. The van der Waals surface area contributed by atoms with Gasteiger partial charge >= 0.3 is 0 Å². The summed E-state index contributed by atoms with van der Waals surface area (Å²) in [5.41, 5.74) is 6.97. The Morgan fingerprint density at radius 1 is 1.50 bits per heavy atom. The topological polar surface area (TPSA) is 26.0 Å². The van der Waals surface area contributed by atoms with Crippen molar-refractivity contribution in [3.63, 3.8) is 0 Å². The normalized spacial score (nSPS) is 15.6. The summed E-state index contributed by atoms with van der Waals surface area (Å²) in [4.78, 5) is 0. The van der Waals surface area contributed by atoms with Crippen LogP contribution in [0.3, 0.4) is 0 Å². The highest BCUT2D eigenvalue weighted by atomic mass is 14.6. The van der Waals surface area contributed by atoms with E-state index in [1.807, 2.05) is 13.0 Å². The van der Waals surface area contributed by atoms with E-state index in [9.17, 15) is 0 Å². The summed E-state index contributed by atoms with van der Waals surface area (Å²) in [5.74, 6) is 0.324. The Morgan fingerprint density at radius 2 is 2.00 bits per heavy atom. The summed E-state index contributed by atoms with van der Waals surface area (Å²) in [7, 11) is 0. The van der Waals surface area contributed by atoms with Gasteiger partial charge in [0.1, 0.15) is 0 Å². The minimum Gasteiger partial charge on any atom is -0.327 e. The van der Waals surface area contributed by atoms with Gasteiger partial charge in [0.15, 0.2) is 0 Å². The van der Waals surface area contributed by atoms with Crippen LogP contribution in [0.15, 0.2) is 24.3 Å². The summed E-state index contributed by atoms with van der Waals surface area (Å²) in [6.45, 7) is 9.84. The van der Waals surface area contributed by atoms with Crippen LogP contribution in [-0.2, 0) is 0 Å². The van der Waals surface area contributed by atoms with Crippen LogP contribution in [0, 0.1) is 5.92 Å². The van der Waals surface area contributed by atoms with Gasteiger partial charge < -0.3 is 5.73 Å². The molecule has 0 spiro atoms. The first-order chi connectivity index (χ1) is 4.57. The number of hydrogen-bond donors (Lipinski definition) is 1. The minimum absolute atomic E-state index is 0.174. The van der Waals surface area contributed by atoms with Gasteiger partial charge in [-0.25, -0.2) is 0 Å². The predicted molar refractivity (Wildman–Crippen MR) is 46.8 cm³/mol. The molecular formula is C9H17N. The highest BCUT2D eigenvalue weighted by Crippen LogP contribution is 2.07. The monoisotopic (exact) mass is 139 g/mol. The highest BCUT2D eigenvalue weighted by molar-refractivity contribution is 5.05. The van der Waals surface area contributed by atoms with E-state index in [0.29, 0.717) is 5.92 Å². The Morgan fingerprint density at radius 3 is 2.10 bits per heavy atom. The van der Waals surface area contributed by atoms with Crippen molar-refractivity contribution in [1.29, 1.82) is 0 Å². The van der Waals surface area contributed by atoms with Crippen molar-refractivity contribution in [1.82, 2.24) is 0 Å². The van der Waals surface area contributed by atoms with Gasteiger partial charge in [0, 0.05) is 12.0 Å². The first-order valence-electron chi connectivity index (χ1n) is 3.61. The average Bonchev–Trinajstić information content (AvgIpc) is 1.81. The van der Waals surface area contributed by atoms with Crippen molar-refractivity contribution >= 4 is 0 Å². The van der Waals surface area contributed by atoms with Gasteiger partial charge in [-0.2, -0.15) is 0 Å². The molecule has 0 heterocycles. The van der Waals surface area contributed by atoms with E-state index in [1.165, 1.54) is 5.57 Å². The van der Waals surface area contributed by atoms with Crippen molar-refractivity contribution in [2.24, 2.45) is 11.7 Å². The molecule has 1 heteroatoms. The molecule has 0 amide bonds. The minimum atomic E-state index is 0.174. The summed E-state index contributed by atoms with van der Waals surface area (Å²) in [6, 6.07) is 0.174. The molecule has 1 nitrogen and oxygen atoms in total. The number of allylic oxidation sites excluding steroid dienone is 1. The largest absolute Gasteiger partial charge is 0.327 e.